The Morgan fingerprint density at radius 3 is 1.96 bits per heavy atom. The van der Waals surface area contributed by atoms with E-state index >= 15 is 0 Å². The lowest BCUT2D eigenvalue weighted by Crippen LogP contribution is -2.55. The van der Waals surface area contributed by atoms with Crippen molar-refractivity contribution in [2.45, 2.75) is 64.6 Å². The largest absolute Gasteiger partial charge is 0.373 e. The van der Waals surface area contributed by atoms with Crippen molar-refractivity contribution in [2.24, 2.45) is 23.2 Å². The van der Waals surface area contributed by atoms with Crippen molar-refractivity contribution in [1.82, 2.24) is 9.03 Å². The number of nitrogens with one attached hydrogen (secondary N) is 1. The molecule has 0 aromatic carbocycles. The molecule has 0 aromatic heterocycles. The maximum absolute atomic E-state index is 12.7. The average molecular weight is 343 g/mol. The first-order chi connectivity index (χ1) is 10.8. The van der Waals surface area contributed by atoms with Crippen LogP contribution in [0.2, 0.25) is 0 Å². The van der Waals surface area contributed by atoms with E-state index in [1.807, 2.05) is 13.8 Å². The lowest BCUT2D eigenvalue weighted by molar-refractivity contribution is -0.0510. The molecule has 6 heteroatoms. The van der Waals surface area contributed by atoms with E-state index in [2.05, 4.69) is 4.72 Å². The molecule has 4 saturated carbocycles. The van der Waals surface area contributed by atoms with Crippen LogP contribution in [0.4, 0.5) is 0 Å². The van der Waals surface area contributed by atoms with Crippen LogP contribution in [0.3, 0.4) is 0 Å². The number of hydrogen-bond donors (Lipinski definition) is 1. The Hall–Kier alpha value is -0.170. The molecule has 132 valence electrons. The molecule has 5 aliphatic rings. The molecular formula is C17H30N2O3S. The van der Waals surface area contributed by atoms with Gasteiger partial charge < -0.3 is 4.74 Å². The summed E-state index contributed by atoms with van der Waals surface area (Å²) < 4.78 is 35.7. The van der Waals surface area contributed by atoms with Crippen molar-refractivity contribution in [2.75, 3.05) is 19.6 Å². The zero-order valence-corrected chi connectivity index (χ0v) is 15.1. The van der Waals surface area contributed by atoms with E-state index in [1.165, 1.54) is 38.5 Å². The van der Waals surface area contributed by atoms with Crippen molar-refractivity contribution in [3.8, 4) is 0 Å². The highest BCUT2D eigenvalue weighted by Crippen LogP contribution is 2.59. The van der Waals surface area contributed by atoms with Crippen molar-refractivity contribution in [1.29, 1.82) is 0 Å². The molecule has 0 amide bonds. The second-order valence-corrected chi connectivity index (χ2v) is 10.6. The Labute approximate surface area is 140 Å². The Balaban J connectivity index is 1.42. The highest BCUT2D eigenvalue weighted by atomic mass is 32.2. The van der Waals surface area contributed by atoms with Gasteiger partial charge in [0.25, 0.3) is 10.2 Å². The first-order valence-electron chi connectivity index (χ1n) is 9.24. The van der Waals surface area contributed by atoms with E-state index in [0.717, 1.165) is 17.8 Å². The molecular weight excluding hydrogens is 312 g/mol. The summed E-state index contributed by atoms with van der Waals surface area (Å²) in [6.07, 6.45) is 7.82. The quantitative estimate of drug-likeness (QED) is 0.852. The van der Waals surface area contributed by atoms with Crippen molar-refractivity contribution < 1.29 is 13.2 Å². The number of morpholine rings is 1. The molecule has 1 saturated heterocycles. The molecule has 1 heterocycles. The summed E-state index contributed by atoms with van der Waals surface area (Å²) in [7, 11) is -3.39. The van der Waals surface area contributed by atoms with Crippen LogP contribution in [0.5, 0.6) is 0 Å². The van der Waals surface area contributed by atoms with Gasteiger partial charge in [-0.3, -0.25) is 0 Å². The summed E-state index contributed by atoms with van der Waals surface area (Å²) >= 11 is 0. The first kappa shape index (κ1) is 16.3. The maximum Gasteiger partial charge on any atom is 0.279 e. The molecule has 0 radical (unpaired) electrons. The van der Waals surface area contributed by atoms with Gasteiger partial charge in [0.1, 0.15) is 0 Å². The van der Waals surface area contributed by atoms with Crippen LogP contribution in [-0.4, -0.2) is 44.6 Å². The minimum atomic E-state index is -3.39. The molecule has 5 rings (SSSR count). The van der Waals surface area contributed by atoms with E-state index in [1.54, 1.807) is 4.31 Å². The second kappa shape index (κ2) is 5.68. The van der Waals surface area contributed by atoms with E-state index in [0.29, 0.717) is 19.6 Å². The van der Waals surface area contributed by atoms with Gasteiger partial charge in [-0.25, -0.2) is 4.72 Å². The lowest BCUT2D eigenvalue weighted by Gasteiger charge is -2.57. The summed E-state index contributed by atoms with van der Waals surface area (Å²) in [6.45, 7) is 5.44. The summed E-state index contributed by atoms with van der Waals surface area (Å²) in [5.41, 5.74) is 0.241. The van der Waals surface area contributed by atoms with Crippen LogP contribution in [0.25, 0.3) is 0 Å². The standard InChI is InChI=1S/C17H30N2O3S/c1-12-9-19(10-13(2)22-12)23(20,21)18-11-17-6-14-3-15(7-17)5-16(4-14)8-17/h12-16,18H,3-11H2,1-2H3/t12-,13+,14?,15?,16?,17?. The number of nitrogens with zero attached hydrogens (tertiary/aromatic N) is 1. The maximum atomic E-state index is 12.7. The number of hydrogen-bond acceptors (Lipinski definition) is 3. The van der Waals surface area contributed by atoms with Crippen LogP contribution < -0.4 is 4.72 Å². The fraction of sp³-hybridized carbons (Fsp3) is 1.00. The Kier molecular flexibility index (Phi) is 4.03. The van der Waals surface area contributed by atoms with Crippen molar-refractivity contribution >= 4 is 10.2 Å². The summed E-state index contributed by atoms with van der Waals surface area (Å²) in [5, 5.41) is 0. The molecule has 2 atom stereocenters. The third kappa shape index (κ3) is 3.20. The molecule has 23 heavy (non-hydrogen) atoms. The lowest BCUT2D eigenvalue weighted by atomic mass is 9.50. The topological polar surface area (TPSA) is 58.6 Å². The SMILES string of the molecule is C[C@@H]1CN(S(=O)(=O)NCC23CC4CC(CC(C4)C2)C3)C[C@H](C)O1. The average Bonchev–Trinajstić information content (AvgIpc) is 2.43. The Morgan fingerprint density at radius 1 is 1.00 bits per heavy atom. The highest BCUT2D eigenvalue weighted by Gasteiger charge is 2.51. The van der Waals surface area contributed by atoms with Crippen LogP contribution >= 0.6 is 0 Å². The van der Waals surface area contributed by atoms with Crippen LogP contribution in [0.1, 0.15) is 52.4 Å². The van der Waals surface area contributed by atoms with Gasteiger partial charge in [0.15, 0.2) is 0 Å². The third-order valence-electron chi connectivity index (χ3n) is 6.52. The van der Waals surface area contributed by atoms with Crippen molar-refractivity contribution in [3.05, 3.63) is 0 Å². The predicted molar refractivity (Wildman–Crippen MR) is 89.1 cm³/mol. The van der Waals surface area contributed by atoms with Gasteiger partial charge in [-0.05, 0) is 75.5 Å². The third-order valence-corrected chi connectivity index (χ3v) is 8.01. The second-order valence-electron chi connectivity index (χ2n) is 8.82. The number of ether oxygens (including phenoxy) is 1. The Bertz CT molecular complexity index is 517. The molecule has 0 aromatic rings. The van der Waals surface area contributed by atoms with Gasteiger partial charge in [0, 0.05) is 19.6 Å². The molecule has 5 fully saturated rings. The first-order valence-corrected chi connectivity index (χ1v) is 10.7. The molecule has 4 aliphatic carbocycles. The van der Waals surface area contributed by atoms with E-state index < -0.39 is 10.2 Å². The summed E-state index contributed by atoms with van der Waals surface area (Å²) in [4.78, 5) is 0. The van der Waals surface area contributed by atoms with Gasteiger partial charge >= 0.3 is 0 Å². The number of rotatable bonds is 4. The minimum Gasteiger partial charge on any atom is -0.373 e. The van der Waals surface area contributed by atoms with E-state index in [-0.39, 0.29) is 17.6 Å². The molecule has 1 N–H and O–H groups in total. The van der Waals surface area contributed by atoms with Crippen molar-refractivity contribution in [3.63, 3.8) is 0 Å². The minimum absolute atomic E-state index is 0.0325. The zero-order valence-electron chi connectivity index (χ0n) is 14.3. The van der Waals surface area contributed by atoms with Crippen LogP contribution in [0, 0.1) is 23.2 Å². The summed E-state index contributed by atoms with van der Waals surface area (Å²) in [6, 6.07) is 0. The molecule has 0 unspecified atom stereocenters. The Morgan fingerprint density at radius 2 is 1.48 bits per heavy atom. The van der Waals surface area contributed by atoms with E-state index in [9.17, 15) is 8.42 Å². The van der Waals surface area contributed by atoms with Crippen LogP contribution in [0.15, 0.2) is 0 Å². The molecule has 0 spiro atoms. The van der Waals surface area contributed by atoms with Gasteiger partial charge in [-0.1, -0.05) is 0 Å². The normalized spacial score (nSPS) is 47.1. The van der Waals surface area contributed by atoms with Crippen LogP contribution in [-0.2, 0) is 14.9 Å². The molecule has 5 nitrogen and oxygen atoms in total. The van der Waals surface area contributed by atoms with Gasteiger partial charge in [0.05, 0.1) is 12.2 Å². The molecule has 4 bridgehead atoms. The fourth-order valence-electron chi connectivity index (χ4n) is 6.17. The smallest absolute Gasteiger partial charge is 0.279 e. The summed E-state index contributed by atoms with van der Waals surface area (Å²) in [5.74, 6) is 2.57. The highest BCUT2D eigenvalue weighted by molar-refractivity contribution is 7.87. The zero-order chi connectivity index (χ0) is 16.2. The van der Waals surface area contributed by atoms with Gasteiger partial charge in [0.2, 0.25) is 0 Å². The van der Waals surface area contributed by atoms with Gasteiger partial charge in [-0.2, -0.15) is 12.7 Å². The predicted octanol–water partition coefficient (Wildman–Crippen LogP) is 2.15. The van der Waals surface area contributed by atoms with E-state index in [4.69, 9.17) is 4.74 Å². The monoisotopic (exact) mass is 342 g/mol. The fourth-order valence-corrected chi connectivity index (χ4v) is 7.65. The molecule has 1 aliphatic heterocycles. The van der Waals surface area contributed by atoms with Gasteiger partial charge in [-0.15, -0.1) is 0 Å².